The highest BCUT2D eigenvalue weighted by molar-refractivity contribution is 6.26. The van der Waals surface area contributed by atoms with Crippen LogP contribution in [0.2, 0.25) is 0 Å². The average molecular weight is 230 g/mol. The predicted octanol–water partition coefficient (Wildman–Crippen LogP) is 1.92. The lowest BCUT2D eigenvalue weighted by molar-refractivity contribution is -0.127. The molecule has 4 heteroatoms. The minimum Gasteiger partial charge on any atom is -0.299 e. The van der Waals surface area contributed by atoms with Crippen molar-refractivity contribution in [1.82, 2.24) is 0 Å². The quantitative estimate of drug-likeness (QED) is 0.729. The maximum absolute atomic E-state index is 12.0. The number of benzene rings is 1. The number of Topliss-reactive ketones (excluding diaryl/α,β-unsaturated/α-hetero) is 1. The number of carbonyl (C=O) groups is 2. The fraction of sp³-hybridized carbons (Fsp3) is 0.308. The third-order valence-electron chi connectivity index (χ3n) is 2.82. The zero-order valence-electron chi connectivity index (χ0n) is 10.1. The molecule has 0 bridgehead atoms. The molecule has 88 valence electrons. The fourth-order valence-electron chi connectivity index (χ4n) is 1.90. The van der Waals surface area contributed by atoms with Gasteiger partial charge in [-0.15, -0.1) is 0 Å². The zero-order valence-corrected chi connectivity index (χ0v) is 10.1. The predicted molar refractivity (Wildman–Crippen MR) is 65.9 cm³/mol. The molecule has 1 atom stereocenters. The summed E-state index contributed by atoms with van der Waals surface area (Å²) in [7, 11) is 0. The van der Waals surface area contributed by atoms with Crippen LogP contribution in [0.3, 0.4) is 0 Å². The third kappa shape index (κ3) is 1.98. The van der Waals surface area contributed by atoms with E-state index in [4.69, 9.17) is 0 Å². The van der Waals surface area contributed by atoms with Crippen molar-refractivity contribution in [3.05, 3.63) is 29.8 Å². The van der Waals surface area contributed by atoms with E-state index in [1.807, 2.05) is 31.2 Å². The van der Waals surface area contributed by atoms with Gasteiger partial charge in [-0.25, -0.2) is 0 Å². The van der Waals surface area contributed by atoms with Gasteiger partial charge >= 0.3 is 0 Å². The van der Waals surface area contributed by atoms with Crippen molar-refractivity contribution < 1.29 is 9.59 Å². The number of hydrogen-bond acceptors (Lipinski definition) is 3. The summed E-state index contributed by atoms with van der Waals surface area (Å²) in [6.45, 7) is 5.10. The SMILES string of the molecule is CC(=O)C1C(=O)N(c2ccc(C)cc2)N=C1C. The highest BCUT2D eigenvalue weighted by Gasteiger charge is 2.37. The van der Waals surface area contributed by atoms with Crippen LogP contribution in [0.1, 0.15) is 19.4 Å². The molecule has 1 unspecified atom stereocenters. The molecule has 4 nitrogen and oxygen atoms in total. The number of hydrazone groups is 1. The summed E-state index contributed by atoms with van der Waals surface area (Å²) >= 11 is 0. The first-order chi connectivity index (χ1) is 8.00. The summed E-state index contributed by atoms with van der Waals surface area (Å²) in [5.74, 6) is -1.14. The number of aryl methyl sites for hydroxylation is 1. The number of rotatable bonds is 2. The van der Waals surface area contributed by atoms with Gasteiger partial charge in [0.2, 0.25) is 0 Å². The van der Waals surface area contributed by atoms with E-state index < -0.39 is 5.92 Å². The molecule has 0 saturated carbocycles. The molecular formula is C13H14N2O2. The Bertz CT molecular complexity index is 503. The van der Waals surface area contributed by atoms with Crippen LogP contribution in [-0.2, 0) is 9.59 Å². The lowest BCUT2D eigenvalue weighted by atomic mass is 10.0. The lowest BCUT2D eigenvalue weighted by Crippen LogP contribution is -2.31. The van der Waals surface area contributed by atoms with Crippen LogP contribution in [0.5, 0.6) is 0 Å². The third-order valence-corrected chi connectivity index (χ3v) is 2.82. The van der Waals surface area contributed by atoms with Crippen LogP contribution in [0.15, 0.2) is 29.4 Å². The number of hydrogen-bond donors (Lipinski definition) is 0. The molecule has 1 aliphatic rings. The van der Waals surface area contributed by atoms with Crippen LogP contribution >= 0.6 is 0 Å². The van der Waals surface area contributed by atoms with Gasteiger partial charge in [0.05, 0.1) is 11.4 Å². The van der Waals surface area contributed by atoms with Gasteiger partial charge < -0.3 is 0 Å². The van der Waals surface area contributed by atoms with Crippen LogP contribution in [-0.4, -0.2) is 17.4 Å². The number of nitrogens with zero attached hydrogens (tertiary/aromatic N) is 2. The van der Waals surface area contributed by atoms with Gasteiger partial charge in [0, 0.05) is 0 Å². The van der Waals surface area contributed by atoms with E-state index in [-0.39, 0.29) is 11.7 Å². The van der Waals surface area contributed by atoms with Crippen LogP contribution in [0.4, 0.5) is 5.69 Å². The number of carbonyl (C=O) groups excluding carboxylic acids is 2. The first-order valence-corrected chi connectivity index (χ1v) is 5.47. The smallest absolute Gasteiger partial charge is 0.263 e. The van der Waals surface area contributed by atoms with Crippen LogP contribution in [0.25, 0.3) is 0 Å². The fourth-order valence-corrected chi connectivity index (χ4v) is 1.90. The van der Waals surface area contributed by atoms with Gasteiger partial charge in [-0.05, 0) is 32.9 Å². The average Bonchev–Trinajstić information content (AvgIpc) is 2.55. The Morgan fingerprint density at radius 1 is 1.24 bits per heavy atom. The molecule has 0 radical (unpaired) electrons. The van der Waals surface area contributed by atoms with Crippen molar-refractivity contribution >= 4 is 23.1 Å². The first kappa shape index (κ1) is 11.5. The van der Waals surface area contributed by atoms with E-state index in [9.17, 15) is 9.59 Å². The van der Waals surface area contributed by atoms with E-state index in [0.717, 1.165) is 5.56 Å². The maximum atomic E-state index is 12.0. The molecule has 1 aliphatic heterocycles. The number of ketones is 1. The Labute approximate surface area is 99.9 Å². The molecule has 17 heavy (non-hydrogen) atoms. The zero-order chi connectivity index (χ0) is 12.6. The van der Waals surface area contributed by atoms with E-state index in [0.29, 0.717) is 11.4 Å². The second-order valence-electron chi connectivity index (χ2n) is 4.27. The highest BCUT2D eigenvalue weighted by Crippen LogP contribution is 2.24. The summed E-state index contributed by atoms with van der Waals surface area (Å²) in [6.07, 6.45) is 0. The van der Waals surface area contributed by atoms with Crippen molar-refractivity contribution in [3.63, 3.8) is 0 Å². The summed E-state index contributed by atoms with van der Waals surface area (Å²) in [5.41, 5.74) is 2.37. The van der Waals surface area contributed by atoms with Gasteiger partial charge in [-0.1, -0.05) is 17.7 Å². The molecular weight excluding hydrogens is 216 g/mol. The monoisotopic (exact) mass is 230 g/mol. The normalized spacial score (nSPS) is 19.5. The maximum Gasteiger partial charge on any atom is 0.263 e. The van der Waals surface area contributed by atoms with E-state index >= 15 is 0 Å². The van der Waals surface area contributed by atoms with Gasteiger partial charge in [-0.3, -0.25) is 9.59 Å². The molecule has 0 N–H and O–H groups in total. The lowest BCUT2D eigenvalue weighted by Gasteiger charge is -2.13. The largest absolute Gasteiger partial charge is 0.299 e. The molecule has 1 amide bonds. The van der Waals surface area contributed by atoms with Gasteiger partial charge in [-0.2, -0.15) is 10.1 Å². The molecule has 0 fully saturated rings. The van der Waals surface area contributed by atoms with Crippen molar-refractivity contribution in [1.29, 1.82) is 0 Å². The Kier molecular flexibility index (Phi) is 2.79. The Morgan fingerprint density at radius 3 is 2.29 bits per heavy atom. The van der Waals surface area contributed by atoms with E-state index in [1.54, 1.807) is 6.92 Å². The summed E-state index contributed by atoms with van der Waals surface area (Å²) in [4.78, 5) is 23.4. The Balaban J connectivity index is 2.34. The van der Waals surface area contributed by atoms with Gasteiger partial charge in [0.15, 0.2) is 0 Å². The molecule has 1 aromatic carbocycles. The second kappa shape index (κ2) is 4.13. The van der Waals surface area contributed by atoms with Crippen LogP contribution < -0.4 is 5.01 Å². The topological polar surface area (TPSA) is 49.7 Å². The van der Waals surface area contributed by atoms with Crippen molar-refractivity contribution in [3.8, 4) is 0 Å². The Hall–Kier alpha value is -1.97. The summed E-state index contributed by atoms with van der Waals surface area (Å²) < 4.78 is 0. The molecule has 0 aliphatic carbocycles. The second-order valence-corrected chi connectivity index (χ2v) is 4.27. The van der Waals surface area contributed by atoms with E-state index in [1.165, 1.54) is 11.9 Å². The minimum absolute atomic E-state index is 0.161. The van der Waals surface area contributed by atoms with Gasteiger partial charge in [0.25, 0.3) is 5.91 Å². The van der Waals surface area contributed by atoms with Crippen molar-refractivity contribution in [2.75, 3.05) is 5.01 Å². The molecule has 0 spiro atoms. The highest BCUT2D eigenvalue weighted by atomic mass is 16.2. The van der Waals surface area contributed by atoms with Crippen molar-refractivity contribution in [2.45, 2.75) is 20.8 Å². The molecule has 1 aromatic rings. The van der Waals surface area contributed by atoms with E-state index in [2.05, 4.69) is 5.10 Å². The molecule has 2 rings (SSSR count). The van der Waals surface area contributed by atoms with Gasteiger partial charge in [0.1, 0.15) is 11.7 Å². The minimum atomic E-state index is -0.712. The molecule has 1 heterocycles. The number of amides is 1. The standard InChI is InChI=1S/C13H14N2O2/c1-8-4-6-11(7-5-8)15-13(17)12(10(3)16)9(2)14-15/h4-7,12H,1-3H3. The number of anilines is 1. The Morgan fingerprint density at radius 2 is 1.82 bits per heavy atom. The summed E-state index contributed by atoms with van der Waals surface area (Å²) in [6, 6.07) is 7.47. The first-order valence-electron chi connectivity index (χ1n) is 5.47. The van der Waals surface area contributed by atoms with Crippen LogP contribution in [0, 0.1) is 12.8 Å². The molecule has 0 saturated heterocycles. The summed E-state index contributed by atoms with van der Waals surface area (Å²) in [5, 5.41) is 5.46. The molecule has 0 aromatic heterocycles. The van der Waals surface area contributed by atoms with Crippen molar-refractivity contribution in [2.24, 2.45) is 11.0 Å².